The molecule has 2 aromatic carbocycles. The number of hydrogen-bond acceptors (Lipinski definition) is 6. The van der Waals surface area contributed by atoms with Gasteiger partial charge in [0.15, 0.2) is 0 Å². The summed E-state index contributed by atoms with van der Waals surface area (Å²) in [5.74, 6) is -1.21. The zero-order chi connectivity index (χ0) is 30.0. The number of alkyl carbamates (subject to hydrolysis) is 1. The molecule has 10 heteroatoms. The number of nitrogens with one attached hydrogen (secondary N) is 2. The number of primary amides is 1. The van der Waals surface area contributed by atoms with E-state index in [-0.39, 0.29) is 6.54 Å². The van der Waals surface area contributed by atoms with E-state index in [1.165, 1.54) is 4.90 Å². The maximum atomic E-state index is 14.1. The van der Waals surface area contributed by atoms with E-state index >= 15 is 0 Å². The quantitative estimate of drug-likeness (QED) is 0.356. The third-order valence-corrected chi connectivity index (χ3v) is 6.08. The molecule has 0 aliphatic carbocycles. The smallest absolute Gasteiger partial charge is 0.408 e. The number of benzene rings is 2. The summed E-state index contributed by atoms with van der Waals surface area (Å²) in [5, 5.41) is 5.41. The van der Waals surface area contributed by atoms with E-state index in [1.54, 1.807) is 52.1 Å². The Balaban J connectivity index is 2.58. The molecule has 0 spiro atoms. The number of ether oxygens (including phenoxy) is 2. The molecule has 40 heavy (non-hydrogen) atoms. The van der Waals surface area contributed by atoms with Crippen molar-refractivity contribution in [3.63, 3.8) is 0 Å². The maximum absolute atomic E-state index is 14.1. The Morgan fingerprint density at radius 1 is 1.02 bits per heavy atom. The number of nitrogens with zero attached hydrogens (tertiary/aromatic N) is 1. The summed E-state index contributed by atoms with van der Waals surface area (Å²) in [6.45, 7) is 11.0. The molecular weight excluding hydrogens is 512 g/mol. The van der Waals surface area contributed by atoms with Crippen molar-refractivity contribution in [2.75, 3.05) is 19.0 Å². The summed E-state index contributed by atoms with van der Waals surface area (Å²) in [7, 11) is 1.55. The van der Waals surface area contributed by atoms with Gasteiger partial charge in [-0.25, -0.2) is 4.79 Å². The molecule has 4 amide bonds. The number of anilines is 1. The van der Waals surface area contributed by atoms with E-state index in [2.05, 4.69) is 10.6 Å². The van der Waals surface area contributed by atoms with E-state index in [0.717, 1.165) is 17.5 Å². The average molecular weight is 555 g/mol. The van der Waals surface area contributed by atoms with Crippen molar-refractivity contribution < 1.29 is 28.7 Å². The van der Waals surface area contributed by atoms with Crippen LogP contribution < -0.4 is 21.1 Å². The van der Waals surface area contributed by atoms with E-state index in [1.807, 2.05) is 39.0 Å². The summed E-state index contributed by atoms with van der Waals surface area (Å²) in [6.07, 6.45) is -0.00368. The van der Waals surface area contributed by atoms with Gasteiger partial charge in [0.2, 0.25) is 11.8 Å². The Hall–Kier alpha value is -4.08. The van der Waals surface area contributed by atoms with Crippen molar-refractivity contribution in [1.82, 2.24) is 10.2 Å². The number of nitrogens with two attached hydrogens (primary N) is 1. The van der Waals surface area contributed by atoms with Crippen LogP contribution in [0.4, 0.5) is 10.5 Å². The molecular formula is C30H42N4O6. The zero-order valence-electron chi connectivity index (χ0n) is 24.5. The first kappa shape index (κ1) is 32.1. The molecule has 0 heterocycles. The minimum Gasteiger partial charge on any atom is -0.497 e. The highest BCUT2D eigenvalue weighted by Crippen LogP contribution is 2.29. The molecule has 0 bridgehead atoms. The van der Waals surface area contributed by atoms with Crippen LogP contribution in [0, 0.1) is 13.8 Å². The van der Waals surface area contributed by atoms with Gasteiger partial charge in [0, 0.05) is 12.2 Å². The van der Waals surface area contributed by atoms with E-state index in [9.17, 15) is 19.2 Å². The predicted molar refractivity (Wildman–Crippen MR) is 154 cm³/mol. The second-order valence-corrected chi connectivity index (χ2v) is 10.7. The van der Waals surface area contributed by atoms with Crippen LogP contribution in [0.3, 0.4) is 0 Å². The van der Waals surface area contributed by atoms with Crippen LogP contribution >= 0.6 is 0 Å². The standard InChI is InChI=1S/C30H42N4O6/c1-8-9-16-34(28(37)24(18-25(31)35)33-29(38)40-30(4,5)6)26(23-17-19(2)10-11-20(23)3)27(36)32-21-12-14-22(39-7)15-13-21/h10-15,17,24,26H,8-9,16,18H2,1-7H3,(H2,31,35)(H,32,36)(H,33,38). The number of methoxy groups -OCH3 is 1. The summed E-state index contributed by atoms with van der Waals surface area (Å²) in [5.41, 5.74) is 7.50. The minimum atomic E-state index is -1.33. The lowest BCUT2D eigenvalue weighted by Gasteiger charge is -2.35. The lowest BCUT2D eigenvalue weighted by molar-refractivity contribution is -0.142. The molecule has 2 atom stereocenters. The number of hydrogen-bond donors (Lipinski definition) is 3. The molecule has 0 aromatic heterocycles. The topological polar surface area (TPSA) is 140 Å². The van der Waals surface area contributed by atoms with Crippen LogP contribution in [-0.4, -0.2) is 54.0 Å². The van der Waals surface area contributed by atoms with Gasteiger partial charge >= 0.3 is 6.09 Å². The Kier molecular flexibility index (Phi) is 11.5. The van der Waals surface area contributed by atoms with Crippen LogP contribution in [0.15, 0.2) is 42.5 Å². The summed E-state index contributed by atoms with van der Waals surface area (Å²) in [4.78, 5) is 54.0. The molecule has 218 valence electrons. The largest absolute Gasteiger partial charge is 0.497 e. The molecule has 10 nitrogen and oxygen atoms in total. The molecule has 0 saturated carbocycles. The summed E-state index contributed by atoms with van der Waals surface area (Å²) < 4.78 is 10.5. The van der Waals surface area contributed by atoms with E-state index < -0.39 is 47.9 Å². The Morgan fingerprint density at radius 3 is 2.23 bits per heavy atom. The first-order chi connectivity index (χ1) is 18.7. The number of carbonyl (C=O) groups excluding carboxylic acids is 4. The fraction of sp³-hybridized carbons (Fsp3) is 0.467. The lowest BCUT2D eigenvalue weighted by Crippen LogP contribution is -2.53. The predicted octanol–water partition coefficient (Wildman–Crippen LogP) is 4.39. The third-order valence-electron chi connectivity index (χ3n) is 6.08. The molecule has 2 unspecified atom stereocenters. The molecule has 0 aliphatic rings. The van der Waals surface area contributed by atoms with Crippen molar-refractivity contribution in [3.05, 3.63) is 59.2 Å². The van der Waals surface area contributed by atoms with Crippen LogP contribution in [0.5, 0.6) is 5.75 Å². The Morgan fingerprint density at radius 2 is 1.68 bits per heavy atom. The molecule has 0 radical (unpaired) electrons. The first-order valence-corrected chi connectivity index (χ1v) is 13.4. The minimum absolute atomic E-state index is 0.203. The normalized spacial score (nSPS) is 12.6. The van der Waals surface area contributed by atoms with Crippen molar-refractivity contribution in [3.8, 4) is 5.75 Å². The summed E-state index contributed by atoms with van der Waals surface area (Å²) in [6, 6.07) is 10.1. The molecule has 2 rings (SSSR count). The fourth-order valence-corrected chi connectivity index (χ4v) is 4.14. The van der Waals surface area contributed by atoms with Crippen molar-refractivity contribution in [1.29, 1.82) is 0 Å². The van der Waals surface area contributed by atoms with Gasteiger partial charge in [-0.1, -0.05) is 37.1 Å². The number of aryl methyl sites for hydroxylation is 2. The molecule has 0 aliphatic heterocycles. The van der Waals surface area contributed by atoms with Gasteiger partial charge in [-0.3, -0.25) is 14.4 Å². The maximum Gasteiger partial charge on any atom is 0.408 e. The molecule has 4 N–H and O–H groups in total. The Labute approximate surface area is 236 Å². The van der Waals surface area contributed by atoms with Crippen LogP contribution in [0.2, 0.25) is 0 Å². The van der Waals surface area contributed by atoms with Crippen molar-refractivity contribution in [2.45, 2.75) is 78.5 Å². The van der Waals surface area contributed by atoms with Gasteiger partial charge in [-0.2, -0.15) is 0 Å². The third kappa shape index (κ3) is 9.59. The number of rotatable bonds is 12. The van der Waals surface area contributed by atoms with Crippen LogP contribution in [0.25, 0.3) is 0 Å². The monoisotopic (exact) mass is 554 g/mol. The second kappa shape index (κ2) is 14.3. The summed E-state index contributed by atoms with van der Waals surface area (Å²) >= 11 is 0. The van der Waals surface area contributed by atoms with Gasteiger partial charge < -0.3 is 30.7 Å². The van der Waals surface area contributed by atoms with Crippen molar-refractivity contribution in [2.24, 2.45) is 5.73 Å². The van der Waals surface area contributed by atoms with Gasteiger partial charge in [0.1, 0.15) is 23.4 Å². The lowest BCUT2D eigenvalue weighted by atomic mass is 9.95. The molecule has 0 saturated heterocycles. The van der Waals surface area contributed by atoms with Gasteiger partial charge in [-0.15, -0.1) is 0 Å². The highest BCUT2D eigenvalue weighted by molar-refractivity contribution is 6.00. The SMILES string of the molecule is CCCCN(C(=O)C(CC(N)=O)NC(=O)OC(C)(C)C)C(C(=O)Nc1ccc(OC)cc1)c1cc(C)ccc1C. The average Bonchev–Trinajstić information content (AvgIpc) is 2.86. The molecule has 0 fully saturated rings. The first-order valence-electron chi connectivity index (χ1n) is 13.4. The van der Waals surface area contributed by atoms with Gasteiger partial charge in [-0.05, 0) is 76.4 Å². The van der Waals surface area contributed by atoms with E-state index in [4.69, 9.17) is 15.2 Å². The molecule has 2 aromatic rings. The Bertz CT molecular complexity index is 1190. The number of amides is 4. The highest BCUT2D eigenvalue weighted by Gasteiger charge is 2.37. The fourth-order valence-electron chi connectivity index (χ4n) is 4.14. The highest BCUT2D eigenvalue weighted by atomic mass is 16.6. The number of unbranched alkanes of at least 4 members (excludes halogenated alkanes) is 1. The van der Waals surface area contributed by atoms with Gasteiger partial charge in [0.05, 0.1) is 13.5 Å². The second-order valence-electron chi connectivity index (χ2n) is 10.7. The van der Waals surface area contributed by atoms with Crippen LogP contribution in [-0.2, 0) is 19.1 Å². The van der Waals surface area contributed by atoms with Crippen LogP contribution in [0.1, 0.15) is 69.7 Å². The number of carbonyl (C=O) groups is 4. The van der Waals surface area contributed by atoms with E-state index in [0.29, 0.717) is 23.4 Å². The van der Waals surface area contributed by atoms with Gasteiger partial charge in [0.25, 0.3) is 5.91 Å². The van der Waals surface area contributed by atoms with Crippen molar-refractivity contribution >= 4 is 29.5 Å². The zero-order valence-corrected chi connectivity index (χ0v) is 24.5.